The van der Waals surface area contributed by atoms with Gasteiger partial charge < -0.3 is 15.0 Å². The second-order valence-corrected chi connectivity index (χ2v) is 4.99. The summed E-state index contributed by atoms with van der Waals surface area (Å²) in [7, 11) is 1.50. The molecule has 0 spiro atoms. The van der Waals surface area contributed by atoms with Crippen molar-refractivity contribution in [1.29, 1.82) is 0 Å². The number of halogens is 1. The maximum absolute atomic E-state index is 12.7. The summed E-state index contributed by atoms with van der Waals surface area (Å²) in [6, 6.07) is 4.44. The molecule has 5 nitrogen and oxygen atoms in total. The van der Waals surface area contributed by atoms with E-state index in [2.05, 4.69) is 5.32 Å². The molecular formula is C14H17ClN2O3. The third-order valence-electron chi connectivity index (χ3n) is 3.37. The zero-order valence-electron chi connectivity index (χ0n) is 11.5. The molecule has 1 fully saturated rings. The number of piperazine rings is 1. The van der Waals surface area contributed by atoms with Crippen LogP contribution in [0.25, 0.3) is 0 Å². The van der Waals surface area contributed by atoms with Crippen molar-refractivity contribution in [3.8, 4) is 5.75 Å². The standard InChI is InChI=1S/C14H17ClN2O3/c1-3-11-13(18)16-6-7-17(11)14(19)10-8-9(15)4-5-12(10)20-2/h4-5,8,11H,3,6-7H2,1-2H3,(H,16,18). The fourth-order valence-electron chi connectivity index (χ4n) is 2.37. The SMILES string of the molecule is CCC1C(=O)NCCN1C(=O)c1cc(Cl)ccc1OC. The molecule has 1 unspecified atom stereocenters. The van der Waals surface area contributed by atoms with Gasteiger partial charge in [-0.2, -0.15) is 0 Å². The Labute approximate surface area is 122 Å². The number of rotatable bonds is 3. The minimum absolute atomic E-state index is 0.118. The lowest BCUT2D eigenvalue weighted by Gasteiger charge is -2.34. The highest BCUT2D eigenvalue weighted by atomic mass is 35.5. The number of carbonyl (C=O) groups excluding carboxylic acids is 2. The molecule has 1 atom stereocenters. The van der Waals surface area contributed by atoms with Crippen molar-refractivity contribution in [2.24, 2.45) is 0 Å². The maximum Gasteiger partial charge on any atom is 0.258 e. The first kappa shape index (κ1) is 14.7. The molecule has 1 aromatic rings. The Morgan fingerprint density at radius 2 is 2.30 bits per heavy atom. The zero-order valence-corrected chi connectivity index (χ0v) is 12.2. The predicted octanol–water partition coefficient (Wildman–Crippen LogP) is 1.70. The van der Waals surface area contributed by atoms with Crippen LogP contribution in [0.5, 0.6) is 5.75 Å². The van der Waals surface area contributed by atoms with Gasteiger partial charge in [0.05, 0.1) is 12.7 Å². The van der Waals surface area contributed by atoms with Gasteiger partial charge in [0.15, 0.2) is 0 Å². The number of nitrogens with zero attached hydrogens (tertiary/aromatic N) is 1. The number of hydrogen-bond acceptors (Lipinski definition) is 3. The van der Waals surface area contributed by atoms with E-state index < -0.39 is 6.04 Å². The minimum Gasteiger partial charge on any atom is -0.496 e. The summed E-state index contributed by atoms with van der Waals surface area (Å²) in [5, 5.41) is 3.23. The van der Waals surface area contributed by atoms with Crippen LogP contribution in [-0.4, -0.2) is 43.0 Å². The van der Waals surface area contributed by atoms with Gasteiger partial charge in [-0.05, 0) is 24.6 Å². The zero-order chi connectivity index (χ0) is 14.7. The van der Waals surface area contributed by atoms with Crippen LogP contribution < -0.4 is 10.1 Å². The Morgan fingerprint density at radius 3 is 2.95 bits per heavy atom. The summed E-state index contributed by atoms with van der Waals surface area (Å²) < 4.78 is 5.20. The van der Waals surface area contributed by atoms with E-state index >= 15 is 0 Å². The predicted molar refractivity (Wildman–Crippen MR) is 76.1 cm³/mol. The number of methoxy groups -OCH3 is 1. The Bertz CT molecular complexity index is 533. The van der Waals surface area contributed by atoms with Gasteiger partial charge in [0.2, 0.25) is 5.91 Å². The Morgan fingerprint density at radius 1 is 1.55 bits per heavy atom. The first-order valence-corrected chi connectivity index (χ1v) is 6.88. The van der Waals surface area contributed by atoms with Crippen LogP contribution in [0.3, 0.4) is 0 Å². The van der Waals surface area contributed by atoms with E-state index in [1.807, 2.05) is 6.92 Å². The maximum atomic E-state index is 12.7. The molecule has 0 aromatic heterocycles. The van der Waals surface area contributed by atoms with E-state index in [1.165, 1.54) is 7.11 Å². The quantitative estimate of drug-likeness (QED) is 0.923. The van der Waals surface area contributed by atoms with Crippen molar-refractivity contribution in [1.82, 2.24) is 10.2 Å². The molecule has 0 aliphatic carbocycles. The van der Waals surface area contributed by atoms with Crippen LogP contribution >= 0.6 is 11.6 Å². The second-order valence-electron chi connectivity index (χ2n) is 4.56. The summed E-state index contributed by atoms with van der Waals surface area (Å²) >= 11 is 5.95. The van der Waals surface area contributed by atoms with Gasteiger partial charge in [-0.1, -0.05) is 18.5 Å². The Hall–Kier alpha value is -1.75. The van der Waals surface area contributed by atoms with E-state index in [9.17, 15) is 9.59 Å². The topological polar surface area (TPSA) is 58.6 Å². The number of hydrogen-bond donors (Lipinski definition) is 1. The molecule has 0 radical (unpaired) electrons. The third-order valence-corrected chi connectivity index (χ3v) is 3.61. The average molecular weight is 297 g/mol. The van der Waals surface area contributed by atoms with Crippen molar-refractivity contribution < 1.29 is 14.3 Å². The van der Waals surface area contributed by atoms with Crippen LogP contribution in [0.4, 0.5) is 0 Å². The first-order valence-electron chi connectivity index (χ1n) is 6.50. The van der Waals surface area contributed by atoms with E-state index in [4.69, 9.17) is 16.3 Å². The monoisotopic (exact) mass is 296 g/mol. The van der Waals surface area contributed by atoms with Crippen LogP contribution in [0.2, 0.25) is 5.02 Å². The Kier molecular flexibility index (Phi) is 4.49. The Balaban J connectivity index is 2.34. The summed E-state index contributed by atoms with van der Waals surface area (Å²) in [6.07, 6.45) is 0.570. The third kappa shape index (κ3) is 2.72. The lowest BCUT2D eigenvalue weighted by Crippen LogP contribution is -2.56. The summed E-state index contributed by atoms with van der Waals surface area (Å²) in [5.41, 5.74) is 0.383. The number of ether oxygens (including phenoxy) is 1. The molecular weight excluding hydrogens is 280 g/mol. The van der Waals surface area contributed by atoms with Gasteiger partial charge in [-0.15, -0.1) is 0 Å². The molecule has 1 aromatic carbocycles. The lowest BCUT2D eigenvalue weighted by atomic mass is 10.1. The van der Waals surface area contributed by atoms with Gasteiger partial charge in [0.25, 0.3) is 5.91 Å². The largest absolute Gasteiger partial charge is 0.496 e. The number of benzene rings is 1. The fraction of sp³-hybridized carbons (Fsp3) is 0.429. The highest BCUT2D eigenvalue weighted by Gasteiger charge is 2.33. The average Bonchev–Trinajstić information content (AvgIpc) is 2.46. The molecule has 108 valence electrons. The van der Waals surface area contributed by atoms with Crippen LogP contribution in [0.1, 0.15) is 23.7 Å². The van der Waals surface area contributed by atoms with E-state index in [1.54, 1.807) is 23.1 Å². The van der Waals surface area contributed by atoms with Crippen molar-refractivity contribution in [3.05, 3.63) is 28.8 Å². The van der Waals surface area contributed by atoms with Gasteiger partial charge in [-0.3, -0.25) is 9.59 Å². The summed E-state index contributed by atoms with van der Waals surface area (Å²) in [6.45, 7) is 2.83. The van der Waals surface area contributed by atoms with Gasteiger partial charge in [-0.25, -0.2) is 0 Å². The van der Waals surface area contributed by atoms with Crippen LogP contribution in [0.15, 0.2) is 18.2 Å². The summed E-state index contributed by atoms with van der Waals surface area (Å²) in [4.78, 5) is 26.1. The van der Waals surface area contributed by atoms with Crippen molar-refractivity contribution in [2.45, 2.75) is 19.4 Å². The van der Waals surface area contributed by atoms with Crippen molar-refractivity contribution in [2.75, 3.05) is 20.2 Å². The molecule has 1 N–H and O–H groups in total. The second kappa shape index (κ2) is 6.13. The number of nitrogens with one attached hydrogen (secondary N) is 1. The molecule has 1 heterocycles. The molecule has 1 aliphatic heterocycles. The van der Waals surface area contributed by atoms with Crippen molar-refractivity contribution in [3.63, 3.8) is 0 Å². The van der Waals surface area contributed by atoms with E-state index in [0.29, 0.717) is 35.8 Å². The summed E-state index contributed by atoms with van der Waals surface area (Å²) in [5.74, 6) is 0.111. The highest BCUT2D eigenvalue weighted by Crippen LogP contribution is 2.25. The number of carbonyl (C=O) groups is 2. The minimum atomic E-state index is -0.445. The molecule has 2 amide bonds. The normalized spacial score (nSPS) is 18.6. The van der Waals surface area contributed by atoms with Gasteiger partial charge in [0.1, 0.15) is 11.8 Å². The van der Waals surface area contributed by atoms with Crippen molar-refractivity contribution >= 4 is 23.4 Å². The van der Waals surface area contributed by atoms with Gasteiger partial charge in [0, 0.05) is 18.1 Å². The van der Waals surface area contributed by atoms with E-state index in [-0.39, 0.29) is 11.8 Å². The van der Waals surface area contributed by atoms with Gasteiger partial charge >= 0.3 is 0 Å². The highest BCUT2D eigenvalue weighted by molar-refractivity contribution is 6.31. The van der Waals surface area contributed by atoms with Crippen LogP contribution in [-0.2, 0) is 4.79 Å². The van der Waals surface area contributed by atoms with Crippen LogP contribution in [0, 0.1) is 0 Å². The molecule has 1 saturated heterocycles. The lowest BCUT2D eigenvalue weighted by molar-refractivity contribution is -0.127. The fourth-order valence-corrected chi connectivity index (χ4v) is 2.54. The molecule has 0 bridgehead atoms. The molecule has 1 aliphatic rings. The molecule has 2 rings (SSSR count). The number of amides is 2. The molecule has 20 heavy (non-hydrogen) atoms. The first-order chi connectivity index (χ1) is 9.58. The molecule has 6 heteroatoms. The molecule has 0 saturated carbocycles. The van der Waals surface area contributed by atoms with E-state index in [0.717, 1.165) is 0 Å². The smallest absolute Gasteiger partial charge is 0.258 e.